The topological polar surface area (TPSA) is 282 Å². The third-order valence-corrected chi connectivity index (χ3v) is 8.61. The lowest BCUT2D eigenvalue weighted by Gasteiger charge is -2.13. The van der Waals surface area contributed by atoms with Crippen LogP contribution in [-0.2, 0) is 20.2 Å². The lowest BCUT2D eigenvalue weighted by Crippen LogP contribution is -2.03. The van der Waals surface area contributed by atoms with Crippen molar-refractivity contribution in [1.29, 1.82) is 0 Å². The zero-order chi connectivity index (χ0) is 36.7. The van der Waals surface area contributed by atoms with Gasteiger partial charge in [-0.15, -0.1) is 10.2 Å². The molecule has 1 aromatic heterocycles. The fraction of sp³-hybridized carbons (Fsp3) is 0.0741. The number of aromatic nitrogens is 3. The number of nitro benzene ring substituents is 2. The molecule has 258 valence electrons. The molecule has 23 heteroatoms. The van der Waals surface area contributed by atoms with E-state index in [0.29, 0.717) is 17.7 Å². The van der Waals surface area contributed by atoms with Gasteiger partial charge in [0.05, 0.1) is 21.6 Å². The lowest BCUT2D eigenvalue weighted by molar-refractivity contribution is -0.395. The van der Waals surface area contributed by atoms with Gasteiger partial charge in [-0.1, -0.05) is 6.07 Å². The van der Waals surface area contributed by atoms with Crippen LogP contribution in [0.4, 0.5) is 50.2 Å². The average Bonchev–Trinajstić information content (AvgIpc) is 2.98. The van der Waals surface area contributed by atoms with Crippen molar-refractivity contribution in [2.45, 2.75) is 23.6 Å². The van der Waals surface area contributed by atoms with Crippen LogP contribution in [0.2, 0.25) is 5.28 Å². The maximum absolute atomic E-state index is 14.5. The minimum atomic E-state index is -4.98. The van der Waals surface area contributed by atoms with E-state index in [1.807, 2.05) is 0 Å². The fourth-order valence-electron chi connectivity index (χ4n) is 4.62. The molecule has 0 atom stereocenters. The van der Waals surface area contributed by atoms with E-state index in [1.54, 1.807) is 0 Å². The third-order valence-electron chi connectivity index (χ3n) is 6.66. The van der Waals surface area contributed by atoms with Gasteiger partial charge in [-0.2, -0.15) is 31.2 Å². The normalized spacial score (nSPS) is 12.0. The summed E-state index contributed by atoms with van der Waals surface area (Å²) in [5.74, 6) is -1.32. The van der Waals surface area contributed by atoms with Crippen molar-refractivity contribution in [1.82, 2.24) is 15.0 Å². The van der Waals surface area contributed by atoms with Gasteiger partial charge in [-0.05, 0) is 72.8 Å². The van der Waals surface area contributed by atoms with E-state index >= 15 is 0 Å². The Morgan fingerprint density at radius 3 is 2.06 bits per heavy atom. The molecule has 0 saturated heterocycles. The summed E-state index contributed by atoms with van der Waals surface area (Å²) in [4.78, 5) is 31.3. The largest absolute Gasteiger partial charge is 0.350 e. The molecule has 5 aromatic rings. The number of anilines is 4. The molecule has 0 aliphatic carbocycles. The van der Waals surface area contributed by atoms with E-state index in [-0.39, 0.29) is 44.9 Å². The van der Waals surface area contributed by atoms with Gasteiger partial charge in [0, 0.05) is 17.1 Å². The molecule has 0 aliphatic heterocycles. The quantitative estimate of drug-likeness (QED) is 0.0503. The molecule has 4 N–H and O–H groups in total. The Morgan fingerprint density at radius 2 is 1.44 bits per heavy atom. The number of aryl methyl sites for hydroxylation is 2. The molecule has 0 unspecified atom stereocenters. The average molecular weight is 748 g/mol. The van der Waals surface area contributed by atoms with Crippen molar-refractivity contribution < 1.29 is 40.2 Å². The molecule has 19 nitrogen and oxygen atoms in total. The molecule has 1 heterocycles. The summed E-state index contributed by atoms with van der Waals surface area (Å²) in [6.07, 6.45) is 0. The maximum atomic E-state index is 14.5. The van der Waals surface area contributed by atoms with E-state index in [4.69, 9.17) is 11.6 Å². The number of azo groups is 1. The minimum absolute atomic E-state index is 0.0252. The fourth-order valence-corrected chi connectivity index (χ4v) is 6.25. The van der Waals surface area contributed by atoms with Gasteiger partial charge in [0.2, 0.25) is 17.0 Å². The molecule has 0 spiro atoms. The number of nitrogens with zero attached hydrogens (tertiary/aromatic N) is 7. The molecular formula is C27H19ClFN9O10S2. The van der Waals surface area contributed by atoms with Gasteiger partial charge >= 0.3 is 5.69 Å². The predicted octanol–water partition coefficient (Wildman–Crippen LogP) is 6.65. The van der Waals surface area contributed by atoms with Crippen molar-refractivity contribution >= 4 is 88.4 Å². The number of halogens is 2. The van der Waals surface area contributed by atoms with Gasteiger partial charge in [-0.3, -0.25) is 29.3 Å². The van der Waals surface area contributed by atoms with Crippen molar-refractivity contribution in [3.05, 3.63) is 97.3 Å². The van der Waals surface area contributed by atoms with Crippen LogP contribution in [0.15, 0.2) is 74.6 Å². The summed E-state index contributed by atoms with van der Waals surface area (Å²) >= 11 is 5.95. The van der Waals surface area contributed by atoms with Crippen LogP contribution in [0.3, 0.4) is 0 Å². The van der Waals surface area contributed by atoms with Crippen LogP contribution in [0.25, 0.3) is 10.8 Å². The Hall–Kier alpha value is -5.81. The zero-order valence-corrected chi connectivity index (χ0v) is 27.4. The molecule has 0 saturated carbocycles. The molecule has 0 amide bonds. The number of hydrogen-bond donors (Lipinski definition) is 4. The highest BCUT2D eigenvalue weighted by molar-refractivity contribution is 7.86. The number of benzene rings is 4. The predicted molar refractivity (Wildman–Crippen MR) is 175 cm³/mol. The standard InChI is InChI=1S/C27H19ClFN9O10S2/c1-12-5-14-7-25(50(46,47)48)21(9-16(14)24(6-12)49(43,44)45)36-35-18-4-3-15(8-19(18)33-27-31-13(2)30-26(28)34-27)32-20-10-17(29)22(37(39)40)11-23(20)38(41)42/h3-11,32H,1-2H3,(H,43,44,45)(H,46,47,48)(H,30,31,33,34). The second kappa shape index (κ2) is 13.2. The number of nitro groups is 2. The Balaban J connectivity index is 1.67. The van der Waals surface area contributed by atoms with E-state index in [0.717, 1.165) is 18.2 Å². The van der Waals surface area contributed by atoms with E-state index in [2.05, 4.69) is 35.8 Å². The molecule has 5 rings (SSSR count). The first-order valence-corrected chi connectivity index (χ1v) is 16.7. The van der Waals surface area contributed by atoms with Crippen molar-refractivity contribution in [2.24, 2.45) is 10.2 Å². The Bertz CT molecular complexity index is 2500. The highest BCUT2D eigenvalue weighted by Crippen LogP contribution is 2.39. The monoisotopic (exact) mass is 747 g/mol. The molecular weight excluding hydrogens is 729 g/mol. The first kappa shape index (κ1) is 35.5. The Kier molecular flexibility index (Phi) is 9.40. The van der Waals surface area contributed by atoms with Crippen molar-refractivity contribution in [2.75, 3.05) is 10.6 Å². The van der Waals surface area contributed by atoms with Gasteiger partial charge in [0.15, 0.2) is 0 Å². The molecule has 0 fully saturated rings. The smallest absolute Gasteiger partial charge is 0.311 e. The highest BCUT2D eigenvalue weighted by Gasteiger charge is 2.26. The zero-order valence-electron chi connectivity index (χ0n) is 25.1. The summed E-state index contributed by atoms with van der Waals surface area (Å²) in [5.41, 5.74) is -2.72. The molecule has 0 bridgehead atoms. The van der Waals surface area contributed by atoms with Crippen LogP contribution in [0, 0.1) is 39.9 Å². The Morgan fingerprint density at radius 1 is 0.780 bits per heavy atom. The van der Waals surface area contributed by atoms with E-state index < -0.39 is 68.4 Å². The van der Waals surface area contributed by atoms with Gasteiger partial charge in [-0.25, -0.2) is 4.98 Å². The summed E-state index contributed by atoms with van der Waals surface area (Å²) in [6.45, 7) is 3.00. The first-order valence-electron chi connectivity index (χ1n) is 13.4. The molecule has 50 heavy (non-hydrogen) atoms. The molecule has 0 radical (unpaired) electrons. The number of fused-ring (bicyclic) bond motifs is 1. The second-order valence-electron chi connectivity index (χ2n) is 10.2. The minimum Gasteiger partial charge on any atom is -0.350 e. The summed E-state index contributed by atoms with van der Waals surface area (Å²) in [5, 5.41) is 35.8. The first-order chi connectivity index (χ1) is 23.3. The van der Waals surface area contributed by atoms with Crippen molar-refractivity contribution in [3.8, 4) is 0 Å². The third kappa shape index (κ3) is 7.74. The van der Waals surface area contributed by atoms with Crippen molar-refractivity contribution in [3.63, 3.8) is 0 Å². The Labute approximate surface area is 284 Å². The number of nitrogens with one attached hydrogen (secondary N) is 2. The van der Waals surface area contributed by atoms with Crippen LogP contribution < -0.4 is 10.6 Å². The maximum Gasteiger partial charge on any atom is 0.311 e. The molecule has 4 aromatic carbocycles. The number of rotatable bonds is 10. The summed E-state index contributed by atoms with van der Waals surface area (Å²) in [7, 11) is -9.79. The van der Waals surface area contributed by atoms with E-state index in [1.165, 1.54) is 38.1 Å². The van der Waals surface area contributed by atoms with Gasteiger partial charge in [0.25, 0.3) is 25.9 Å². The second-order valence-corrected chi connectivity index (χ2v) is 13.4. The highest BCUT2D eigenvalue weighted by atomic mass is 35.5. The SMILES string of the molecule is Cc1cc(S(=O)(=O)O)c2cc(N=Nc3ccc(Nc4cc(F)c([N+](=O)[O-])cc4[N+](=O)[O-])cc3Nc3nc(C)nc(Cl)n3)c(S(=O)(=O)O)cc2c1. The molecule has 0 aliphatic rings. The summed E-state index contributed by atoms with van der Waals surface area (Å²) in [6, 6.07) is 9.26. The summed E-state index contributed by atoms with van der Waals surface area (Å²) < 4.78 is 83.2. The van der Waals surface area contributed by atoms with Crippen LogP contribution in [0.1, 0.15) is 11.4 Å². The lowest BCUT2D eigenvalue weighted by atomic mass is 10.1. The number of hydrogen-bond acceptors (Lipinski definition) is 15. The van der Waals surface area contributed by atoms with Crippen LogP contribution in [-0.4, -0.2) is 50.7 Å². The van der Waals surface area contributed by atoms with E-state index in [9.17, 15) is 50.6 Å². The van der Waals surface area contributed by atoms with Gasteiger partial charge < -0.3 is 10.6 Å². The van der Waals surface area contributed by atoms with Crippen LogP contribution >= 0.6 is 11.6 Å². The van der Waals surface area contributed by atoms with Crippen LogP contribution in [0.5, 0.6) is 0 Å². The van der Waals surface area contributed by atoms with Gasteiger partial charge in [0.1, 0.15) is 32.7 Å².